The lowest BCUT2D eigenvalue weighted by molar-refractivity contribution is -0.145. The maximum Gasteiger partial charge on any atom is 0.508 e. The molecule has 0 spiro atoms. The molecule has 0 aliphatic rings. The quantitative estimate of drug-likeness (QED) is 0.396. The molecule has 0 heterocycles. The smallest absolute Gasteiger partial charge is 0.450 e. The summed E-state index contributed by atoms with van der Waals surface area (Å²) in [5, 5.41) is 16.1. The number of Topliss-reactive ketones (excluding diaryl/α,β-unsaturated/α-hetero) is 1. The number of aliphatic hydroxyl groups is 1. The SMILES string of the molecule is CC(=O)C(O)OC(=O)O. The van der Waals surface area contributed by atoms with Gasteiger partial charge in [-0.2, -0.15) is 0 Å². The molecular weight excluding hydrogens is 128 g/mol. The van der Waals surface area contributed by atoms with Gasteiger partial charge in [-0.15, -0.1) is 0 Å². The molecule has 52 valence electrons. The summed E-state index contributed by atoms with van der Waals surface area (Å²) in [5.41, 5.74) is 0. The highest BCUT2D eigenvalue weighted by Gasteiger charge is 2.13. The number of rotatable bonds is 2. The number of ether oxygens (including phenoxy) is 1. The van der Waals surface area contributed by atoms with Gasteiger partial charge in [-0.3, -0.25) is 4.79 Å². The van der Waals surface area contributed by atoms with Gasteiger partial charge < -0.3 is 14.9 Å². The lowest BCUT2D eigenvalue weighted by Gasteiger charge is -2.02. The average molecular weight is 134 g/mol. The molecule has 0 rings (SSSR count). The van der Waals surface area contributed by atoms with Crippen molar-refractivity contribution < 1.29 is 24.5 Å². The van der Waals surface area contributed by atoms with E-state index in [9.17, 15) is 9.59 Å². The summed E-state index contributed by atoms with van der Waals surface area (Å²) < 4.78 is 3.63. The highest BCUT2D eigenvalue weighted by atomic mass is 16.7. The molecular formula is C4H6O5. The first-order valence-corrected chi connectivity index (χ1v) is 2.12. The van der Waals surface area contributed by atoms with Gasteiger partial charge in [0.25, 0.3) is 6.29 Å². The van der Waals surface area contributed by atoms with Crippen LogP contribution in [0.1, 0.15) is 6.92 Å². The zero-order valence-corrected chi connectivity index (χ0v) is 4.70. The first-order chi connectivity index (χ1) is 4.04. The summed E-state index contributed by atoms with van der Waals surface area (Å²) in [6.07, 6.45) is -3.51. The van der Waals surface area contributed by atoms with E-state index < -0.39 is 18.2 Å². The minimum Gasteiger partial charge on any atom is -0.450 e. The number of carboxylic acid groups (broad SMARTS) is 1. The van der Waals surface area contributed by atoms with Crippen LogP contribution in [0.15, 0.2) is 0 Å². The van der Waals surface area contributed by atoms with E-state index in [4.69, 9.17) is 10.2 Å². The Morgan fingerprint density at radius 2 is 2.00 bits per heavy atom. The van der Waals surface area contributed by atoms with Crippen molar-refractivity contribution in [2.75, 3.05) is 0 Å². The van der Waals surface area contributed by atoms with Crippen LogP contribution in [-0.2, 0) is 9.53 Å². The molecule has 5 heteroatoms. The van der Waals surface area contributed by atoms with Crippen LogP contribution in [0, 0.1) is 0 Å². The third kappa shape index (κ3) is 3.48. The monoisotopic (exact) mass is 134 g/mol. The molecule has 0 amide bonds. The van der Waals surface area contributed by atoms with Crippen molar-refractivity contribution in [1.82, 2.24) is 0 Å². The minimum atomic E-state index is -1.84. The zero-order valence-electron chi connectivity index (χ0n) is 4.70. The summed E-state index contributed by atoms with van der Waals surface area (Å²) in [4.78, 5) is 19.6. The van der Waals surface area contributed by atoms with Crippen LogP contribution >= 0.6 is 0 Å². The van der Waals surface area contributed by atoms with E-state index in [0.717, 1.165) is 6.92 Å². The van der Waals surface area contributed by atoms with Crippen molar-refractivity contribution in [2.24, 2.45) is 0 Å². The Bertz CT molecular complexity index is 129. The van der Waals surface area contributed by atoms with Crippen molar-refractivity contribution in [2.45, 2.75) is 13.2 Å². The van der Waals surface area contributed by atoms with E-state index in [0.29, 0.717) is 0 Å². The van der Waals surface area contributed by atoms with E-state index in [1.54, 1.807) is 0 Å². The number of ketones is 1. The molecule has 0 aromatic carbocycles. The lowest BCUT2D eigenvalue weighted by Crippen LogP contribution is -2.23. The van der Waals surface area contributed by atoms with Crippen molar-refractivity contribution >= 4 is 11.9 Å². The van der Waals surface area contributed by atoms with Crippen molar-refractivity contribution in [1.29, 1.82) is 0 Å². The second-order valence-corrected chi connectivity index (χ2v) is 1.35. The van der Waals surface area contributed by atoms with E-state index >= 15 is 0 Å². The van der Waals surface area contributed by atoms with Gasteiger partial charge in [0.05, 0.1) is 0 Å². The summed E-state index contributed by atoms with van der Waals surface area (Å²) in [5.74, 6) is -0.739. The number of carbonyl (C=O) groups is 2. The molecule has 1 unspecified atom stereocenters. The number of hydrogen-bond donors (Lipinski definition) is 2. The summed E-state index contributed by atoms with van der Waals surface area (Å²) in [6, 6.07) is 0. The standard InChI is InChI=1S/C4H6O5/c1-2(5)3(6)9-4(7)8/h3,6H,1H3,(H,7,8). The highest BCUT2D eigenvalue weighted by molar-refractivity contribution is 5.80. The van der Waals surface area contributed by atoms with Gasteiger partial charge in [0.15, 0.2) is 5.78 Å². The average Bonchev–Trinajstić information content (AvgIpc) is 1.63. The van der Waals surface area contributed by atoms with Gasteiger partial charge >= 0.3 is 6.16 Å². The Morgan fingerprint density at radius 3 is 2.11 bits per heavy atom. The second-order valence-electron chi connectivity index (χ2n) is 1.35. The van der Waals surface area contributed by atoms with Gasteiger partial charge in [0, 0.05) is 6.92 Å². The highest BCUT2D eigenvalue weighted by Crippen LogP contribution is 1.87. The third-order valence-electron chi connectivity index (χ3n) is 0.560. The van der Waals surface area contributed by atoms with Crippen LogP contribution in [0.25, 0.3) is 0 Å². The fourth-order valence-electron chi connectivity index (χ4n) is 0.178. The molecule has 0 aliphatic heterocycles. The van der Waals surface area contributed by atoms with Gasteiger partial charge in [0.2, 0.25) is 0 Å². The molecule has 0 saturated heterocycles. The summed E-state index contributed by atoms with van der Waals surface area (Å²) >= 11 is 0. The van der Waals surface area contributed by atoms with Gasteiger partial charge in [-0.05, 0) is 0 Å². The maximum atomic E-state index is 10.0. The molecule has 5 nitrogen and oxygen atoms in total. The van der Waals surface area contributed by atoms with E-state index in [2.05, 4.69) is 4.74 Å². The second kappa shape index (κ2) is 3.03. The van der Waals surface area contributed by atoms with Gasteiger partial charge in [0.1, 0.15) is 0 Å². The fourth-order valence-corrected chi connectivity index (χ4v) is 0.178. The van der Waals surface area contributed by atoms with E-state index in [-0.39, 0.29) is 0 Å². The molecule has 0 saturated carbocycles. The molecule has 0 aromatic rings. The Hall–Kier alpha value is -1.10. The van der Waals surface area contributed by atoms with Crippen LogP contribution in [0.4, 0.5) is 4.79 Å². The number of carbonyl (C=O) groups excluding carboxylic acids is 1. The van der Waals surface area contributed by atoms with Gasteiger partial charge in [-0.1, -0.05) is 0 Å². The van der Waals surface area contributed by atoms with Crippen LogP contribution in [-0.4, -0.2) is 28.4 Å². The molecule has 0 aromatic heterocycles. The summed E-state index contributed by atoms with van der Waals surface area (Å²) in [6.45, 7) is 1.02. The Labute approximate surface area is 50.9 Å². The van der Waals surface area contributed by atoms with Gasteiger partial charge in [-0.25, -0.2) is 4.79 Å². The van der Waals surface area contributed by atoms with Crippen LogP contribution in [0.5, 0.6) is 0 Å². The molecule has 0 fully saturated rings. The number of hydrogen-bond acceptors (Lipinski definition) is 4. The molecule has 1 atom stereocenters. The largest absolute Gasteiger partial charge is 0.508 e. The molecule has 0 aliphatic carbocycles. The molecule has 0 radical (unpaired) electrons. The Balaban J connectivity index is 3.63. The van der Waals surface area contributed by atoms with Crippen LogP contribution in [0.2, 0.25) is 0 Å². The fraction of sp³-hybridized carbons (Fsp3) is 0.500. The maximum absolute atomic E-state index is 10.0. The van der Waals surface area contributed by atoms with E-state index in [1.807, 2.05) is 0 Å². The summed E-state index contributed by atoms with van der Waals surface area (Å²) in [7, 11) is 0. The topological polar surface area (TPSA) is 83.8 Å². The number of aliphatic hydroxyl groups excluding tert-OH is 1. The molecule has 2 N–H and O–H groups in total. The Morgan fingerprint density at radius 1 is 1.56 bits per heavy atom. The van der Waals surface area contributed by atoms with E-state index in [1.165, 1.54) is 0 Å². The normalized spacial score (nSPS) is 12.2. The minimum absolute atomic E-state index is 0.739. The zero-order chi connectivity index (χ0) is 7.44. The van der Waals surface area contributed by atoms with Crippen molar-refractivity contribution in [3.63, 3.8) is 0 Å². The molecule has 9 heavy (non-hydrogen) atoms. The molecule has 0 bridgehead atoms. The van der Waals surface area contributed by atoms with Crippen molar-refractivity contribution in [3.8, 4) is 0 Å². The van der Waals surface area contributed by atoms with Crippen LogP contribution < -0.4 is 0 Å². The first-order valence-electron chi connectivity index (χ1n) is 2.12. The predicted molar refractivity (Wildman–Crippen MR) is 25.8 cm³/mol. The Kier molecular flexibility index (Phi) is 2.66. The predicted octanol–water partition coefficient (Wildman–Crippen LogP) is -0.412. The first kappa shape index (κ1) is 7.90. The lowest BCUT2D eigenvalue weighted by atomic mass is 10.4. The third-order valence-corrected chi connectivity index (χ3v) is 0.560. The van der Waals surface area contributed by atoms with Crippen LogP contribution in [0.3, 0.4) is 0 Å². The van der Waals surface area contributed by atoms with Crippen molar-refractivity contribution in [3.05, 3.63) is 0 Å².